The number of hydrogen-bond acceptors (Lipinski definition) is 4. The Morgan fingerprint density at radius 3 is 2.21 bits per heavy atom. The number of ether oxygens (including phenoxy) is 2. The van der Waals surface area contributed by atoms with Gasteiger partial charge in [-0.2, -0.15) is 0 Å². The molecule has 0 aliphatic rings. The van der Waals surface area contributed by atoms with Gasteiger partial charge in [-0.05, 0) is 60.2 Å². The summed E-state index contributed by atoms with van der Waals surface area (Å²) in [4.78, 5) is 23.6. The fourth-order valence-corrected chi connectivity index (χ4v) is 2.72. The number of nitrogens with one attached hydrogen (secondary N) is 1. The maximum absolute atomic E-state index is 12.5. The SMILES string of the molecule is COc1cc(C(=O)Nc2ccc(C(N)=O)cc2)ccc1OCc1ccc(Cl)cc1. The maximum atomic E-state index is 12.5. The summed E-state index contributed by atoms with van der Waals surface area (Å²) >= 11 is 5.88. The van der Waals surface area contributed by atoms with Crippen molar-refractivity contribution in [2.24, 2.45) is 5.73 Å². The van der Waals surface area contributed by atoms with Crippen molar-refractivity contribution < 1.29 is 19.1 Å². The number of halogens is 1. The van der Waals surface area contributed by atoms with Crippen LogP contribution in [0.25, 0.3) is 0 Å². The first-order valence-corrected chi connectivity index (χ1v) is 9.10. The van der Waals surface area contributed by atoms with E-state index in [9.17, 15) is 9.59 Å². The van der Waals surface area contributed by atoms with E-state index < -0.39 is 5.91 Å². The summed E-state index contributed by atoms with van der Waals surface area (Å²) in [5.41, 5.74) is 7.48. The van der Waals surface area contributed by atoms with Crippen LogP contribution in [0.3, 0.4) is 0 Å². The lowest BCUT2D eigenvalue weighted by atomic mass is 10.1. The first-order chi connectivity index (χ1) is 14.0. The maximum Gasteiger partial charge on any atom is 0.255 e. The molecule has 0 aliphatic carbocycles. The summed E-state index contributed by atoms with van der Waals surface area (Å²) in [5.74, 6) is 0.113. The van der Waals surface area contributed by atoms with Crippen molar-refractivity contribution in [3.63, 3.8) is 0 Å². The second kappa shape index (κ2) is 9.12. The van der Waals surface area contributed by atoms with Crippen LogP contribution in [0.1, 0.15) is 26.3 Å². The summed E-state index contributed by atoms with van der Waals surface area (Å²) in [6, 6.07) is 18.6. The zero-order chi connectivity index (χ0) is 20.8. The molecule has 29 heavy (non-hydrogen) atoms. The van der Waals surface area contributed by atoms with Crippen LogP contribution in [0.2, 0.25) is 5.02 Å². The van der Waals surface area contributed by atoms with Gasteiger partial charge in [0.1, 0.15) is 6.61 Å². The van der Waals surface area contributed by atoms with Crippen molar-refractivity contribution >= 4 is 29.1 Å². The average Bonchev–Trinajstić information content (AvgIpc) is 2.73. The molecule has 0 heterocycles. The molecule has 3 aromatic rings. The van der Waals surface area contributed by atoms with Gasteiger partial charge in [-0.15, -0.1) is 0 Å². The van der Waals surface area contributed by atoms with Crippen molar-refractivity contribution in [3.8, 4) is 11.5 Å². The van der Waals surface area contributed by atoms with Crippen LogP contribution in [0.4, 0.5) is 5.69 Å². The van der Waals surface area contributed by atoms with Gasteiger partial charge < -0.3 is 20.5 Å². The largest absolute Gasteiger partial charge is 0.493 e. The van der Waals surface area contributed by atoms with Gasteiger partial charge in [0.15, 0.2) is 11.5 Å². The number of rotatable bonds is 7. The first kappa shape index (κ1) is 20.2. The molecule has 7 heteroatoms. The molecule has 0 saturated carbocycles. The minimum atomic E-state index is -0.526. The van der Waals surface area contributed by atoms with E-state index in [1.54, 1.807) is 54.6 Å². The molecule has 2 amide bonds. The molecule has 0 aromatic heterocycles. The summed E-state index contributed by atoms with van der Waals surface area (Å²) in [7, 11) is 1.51. The van der Waals surface area contributed by atoms with Gasteiger partial charge >= 0.3 is 0 Å². The van der Waals surface area contributed by atoms with Crippen LogP contribution in [-0.2, 0) is 6.61 Å². The summed E-state index contributed by atoms with van der Waals surface area (Å²) in [6.07, 6.45) is 0. The van der Waals surface area contributed by atoms with Crippen LogP contribution in [0.15, 0.2) is 66.7 Å². The highest BCUT2D eigenvalue weighted by molar-refractivity contribution is 6.30. The number of benzene rings is 3. The third-order valence-electron chi connectivity index (χ3n) is 4.16. The summed E-state index contributed by atoms with van der Waals surface area (Å²) < 4.78 is 11.2. The van der Waals surface area contributed by atoms with Crippen molar-refractivity contribution in [1.29, 1.82) is 0 Å². The second-order valence-electron chi connectivity index (χ2n) is 6.18. The molecule has 148 valence electrons. The molecule has 0 atom stereocenters. The van der Waals surface area contributed by atoms with Crippen LogP contribution in [0.5, 0.6) is 11.5 Å². The Morgan fingerprint density at radius 1 is 0.931 bits per heavy atom. The van der Waals surface area contributed by atoms with E-state index in [0.29, 0.717) is 39.9 Å². The quantitative estimate of drug-likeness (QED) is 0.608. The molecule has 3 rings (SSSR count). The van der Waals surface area contributed by atoms with E-state index >= 15 is 0 Å². The highest BCUT2D eigenvalue weighted by Gasteiger charge is 2.12. The molecule has 0 fully saturated rings. The molecule has 3 aromatic carbocycles. The molecule has 0 saturated heterocycles. The smallest absolute Gasteiger partial charge is 0.255 e. The van der Waals surface area contributed by atoms with Gasteiger partial charge in [-0.3, -0.25) is 9.59 Å². The Hall–Kier alpha value is -3.51. The lowest BCUT2D eigenvalue weighted by Crippen LogP contribution is -2.13. The number of methoxy groups -OCH3 is 1. The zero-order valence-electron chi connectivity index (χ0n) is 15.6. The number of nitrogens with two attached hydrogens (primary N) is 1. The number of amides is 2. The fourth-order valence-electron chi connectivity index (χ4n) is 2.59. The predicted molar refractivity (Wildman–Crippen MR) is 112 cm³/mol. The third-order valence-corrected chi connectivity index (χ3v) is 4.41. The molecule has 0 bridgehead atoms. The van der Waals surface area contributed by atoms with E-state index in [0.717, 1.165) is 5.56 Å². The number of carbonyl (C=O) groups is 2. The van der Waals surface area contributed by atoms with Crippen molar-refractivity contribution in [2.45, 2.75) is 6.61 Å². The van der Waals surface area contributed by atoms with Crippen LogP contribution in [0, 0.1) is 0 Å². The Labute approximate surface area is 173 Å². The molecule has 0 unspecified atom stereocenters. The number of anilines is 1. The van der Waals surface area contributed by atoms with Crippen LogP contribution >= 0.6 is 11.6 Å². The molecule has 0 spiro atoms. The van der Waals surface area contributed by atoms with Crippen molar-refractivity contribution in [1.82, 2.24) is 0 Å². The van der Waals surface area contributed by atoms with Crippen molar-refractivity contribution in [2.75, 3.05) is 12.4 Å². The Balaban J connectivity index is 1.69. The van der Waals surface area contributed by atoms with Gasteiger partial charge in [-0.25, -0.2) is 0 Å². The minimum absolute atomic E-state index is 0.320. The molecule has 0 radical (unpaired) electrons. The zero-order valence-corrected chi connectivity index (χ0v) is 16.4. The molecular formula is C22H19ClN2O4. The van der Waals surface area contributed by atoms with Gasteiger partial charge in [0.05, 0.1) is 7.11 Å². The minimum Gasteiger partial charge on any atom is -0.493 e. The van der Waals surface area contributed by atoms with Gasteiger partial charge in [0.25, 0.3) is 5.91 Å². The highest BCUT2D eigenvalue weighted by atomic mass is 35.5. The standard InChI is InChI=1S/C22H19ClN2O4/c1-28-20-12-16(22(27)25-18-9-4-15(5-10-18)21(24)26)6-11-19(20)29-13-14-2-7-17(23)8-3-14/h2-12H,13H2,1H3,(H2,24,26)(H,25,27). The molecule has 6 nitrogen and oxygen atoms in total. The summed E-state index contributed by atoms with van der Waals surface area (Å²) in [6.45, 7) is 0.339. The first-order valence-electron chi connectivity index (χ1n) is 8.73. The topological polar surface area (TPSA) is 90.6 Å². The van der Waals surface area contributed by atoms with Gasteiger partial charge in [0, 0.05) is 21.8 Å². The van der Waals surface area contributed by atoms with E-state index in [1.807, 2.05) is 12.1 Å². The van der Waals surface area contributed by atoms with Crippen LogP contribution in [-0.4, -0.2) is 18.9 Å². The molecule has 0 aliphatic heterocycles. The van der Waals surface area contributed by atoms with Crippen LogP contribution < -0.4 is 20.5 Å². The fraction of sp³-hybridized carbons (Fsp3) is 0.0909. The van der Waals surface area contributed by atoms with Gasteiger partial charge in [-0.1, -0.05) is 23.7 Å². The second-order valence-corrected chi connectivity index (χ2v) is 6.61. The van der Waals surface area contributed by atoms with E-state index in [4.69, 9.17) is 26.8 Å². The van der Waals surface area contributed by atoms with E-state index in [1.165, 1.54) is 7.11 Å². The van der Waals surface area contributed by atoms with E-state index in [2.05, 4.69) is 5.32 Å². The predicted octanol–water partition coefficient (Wildman–Crippen LogP) is 4.28. The number of carbonyl (C=O) groups excluding carboxylic acids is 2. The average molecular weight is 411 g/mol. The van der Waals surface area contributed by atoms with E-state index in [-0.39, 0.29) is 5.91 Å². The highest BCUT2D eigenvalue weighted by Crippen LogP contribution is 2.29. The Kier molecular flexibility index (Phi) is 6.36. The molecule has 3 N–H and O–H groups in total. The lowest BCUT2D eigenvalue weighted by Gasteiger charge is -2.13. The van der Waals surface area contributed by atoms with Crippen molar-refractivity contribution in [3.05, 3.63) is 88.4 Å². The lowest BCUT2D eigenvalue weighted by molar-refractivity contribution is 0.0998. The Morgan fingerprint density at radius 2 is 1.59 bits per heavy atom. The summed E-state index contributed by atoms with van der Waals surface area (Å²) in [5, 5.41) is 3.42. The number of primary amides is 1. The normalized spacial score (nSPS) is 10.3. The molecular weight excluding hydrogens is 392 g/mol. The number of hydrogen-bond donors (Lipinski definition) is 2. The van der Waals surface area contributed by atoms with Gasteiger partial charge in [0.2, 0.25) is 5.91 Å². The Bertz CT molecular complexity index is 1020. The third kappa shape index (κ3) is 5.27. The monoisotopic (exact) mass is 410 g/mol.